The topological polar surface area (TPSA) is 146 Å². The Morgan fingerprint density at radius 2 is 2.07 bits per heavy atom. The van der Waals surface area contributed by atoms with Gasteiger partial charge in [-0.05, 0) is 19.4 Å². The number of phenolic OH excluding ortho intramolecular Hbond substituents is 1. The summed E-state index contributed by atoms with van der Waals surface area (Å²) in [5.74, 6) is -2.29. The standard InChI is InChI=1S/C18H18N4O5/c1-3-4-5-12-17(24)13(9-19)10(2)16(18(12)25)21-20-14-8-11(22(26)27)6-7-15(14)23/h6-8,12,20,23H,3-5H2,1-2H3. The van der Waals surface area contributed by atoms with E-state index < -0.39 is 22.4 Å². The quantitative estimate of drug-likeness (QED) is 0.339. The largest absolute Gasteiger partial charge is 0.506 e. The van der Waals surface area contributed by atoms with Gasteiger partial charge in [-0.15, -0.1) is 0 Å². The first-order valence-electron chi connectivity index (χ1n) is 8.32. The fourth-order valence-electron chi connectivity index (χ4n) is 2.74. The predicted octanol–water partition coefficient (Wildman–Crippen LogP) is 2.87. The van der Waals surface area contributed by atoms with Gasteiger partial charge < -0.3 is 5.11 Å². The second-order valence-electron chi connectivity index (χ2n) is 6.07. The monoisotopic (exact) mass is 370 g/mol. The number of aromatic hydroxyl groups is 1. The van der Waals surface area contributed by atoms with Gasteiger partial charge in [-0.1, -0.05) is 19.8 Å². The van der Waals surface area contributed by atoms with Gasteiger partial charge in [0.05, 0.1) is 10.8 Å². The lowest BCUT2D eigenvalue weighted by Crippen LogP contribution is -2.38. The molecule has 0 aromatic heterocycles. The Labute approximate surface area is 155 Å². The van der Waals surface area contributed by atoms with E-state index in [1.165, 1.54) is 6.92 Å². The average Bonchev–Trinajstić information content (AvgIpc) is 2.63. The van der Waals surface area contributed by atoms with Crippen molar-refractivity contribution < 1.29 is 19.6 Å². The van der Waals surface area contributed by atoms with Gasteiger partial charge in [0.1, 0.15) is 28.8 Å². The van der Waals surface area contributed by atoms with E-state index in [4.69, 9.17) is 0 Å². The number of nitro benzene ring substituents is 1. The molecule has 0 bridgehead atoms. The lowest BCUT2D eigenvalue weighted by molar-refractivity contribution is -0.384. The molecule has 27 heavy (non-hydrogen) atoms. The molecule has 0 saturated heterocycles. The van der Waals surface area contributed by atoms with Crippen molar-refractivity contribution in [2.24, 2.45) is 11.0 Å². The number of nitrogens with one attached hydrogen (secondary N) is 1. The second-order valence-corrected chi connectivity index (χ2v) is 6.07. The Balaban J connectivity index is 2.43. The molecule has 1 atom stereocenters. The molecule has 0 fully saturated rings. The van der Waals surface area contributed by atoms with Crippen molar-refractivity contribution in [3.63, 3.8) is 0 Å². The zero-order valence-electron chi connectivity index (χ0n) is 14.9. The summed E-state index contributed by atoms with van der Waals surface area (Å²) in [4.78, 5) is 35.3. The molecular formula is C18H18N4O5. The molecule has 0 heterocycles. The molecule has 1 aliphatic carbocycles. The lowest BCUT2D eigenvalue weighted by Gasteiger charge is -2.21. The molecule has 2 rings (SSSR count). The summed E-state index contributed by atoms with van der Waals surface area (Å²) in [5, 5.41) is 33.9. The zero-order chi connectivity index (χ0) is 20.1. The molecule has 140 valence electrons. The van der Waals surface area contributed by atoms with Crippen LogP contribution >= 0.6 is 0 Å². The number of carbonyl (C=O) groups excluding carboxylic acids is 2. The number of carbonyl (C=O) groups is 2. The van der Waals surface area contributed by atoms with Crippen molar-refractivity contribution in [1.82, 2.24) is 0 Å². The third kappa shape index (κ3) is 4.00. The molecule has 9 heteroatoms. The molecule has 0 radical (unpaired) electrons. The van der Waals surface area contributed by atoms with Crippen LogP contribution in [0.2, 0.25) is 0 Å². The second kappa shape index (κ2) is 8.23. The summed E-state index contributed by atoms with van der Waals surface area (Å²) < 4.78 is 0. The smallest absolute Gasteiger partial charge is 0.271 e. The number of allylic oxidation sites excluding steroid dienone is 2. The van der Waals surface area contributed by atoms with E-state index in [1.807, 2.05) is 13.0 Å². The summed E-state index contributed by atoms with van der Waals surface area (Å²) in [7, 11) is 0. The van der Waals surface area contributed by atoms with Crippen LogP contribution in [0.3, 0.4) is 0 Å². The SMILES string of the molecule is CCCCC1C(=O)C(=NNc2cc([N+](=O)[O-])ccc2O)C(C)=C(C#N)C1=O. The summed E-state index contributed by atoms with van der Waals surface area (Å²) in [6.07, 6.45) is 1.74. The number of anilines is 1. The van der Waals surface area contributed by atoms with E-state index in [0.717, 1.165) is 24.6 Å². The van der Waals surface area contributed by atoms with Gasteiger partial charge in [0.25, 0.3) is 5.69 Å². The molecule has 0 spiro atoms. The predicted molar refractivity (Wildman–Crippen MR) is 97.2 cm³/mol. The highest BCUT2D eigenvalue weighted by Gasteiger charge is 2.39. The zero-order valence-corrected chi connectivity index (χ0v) is 14.9. The molecule has 1 unspecified atom stereocenters. The molecule has 0 aliphatic heterocycles. The van der Waals surface area contributed by atoms with Crippen LogP contribution < -0.4 is 5.43 Å². The number of hydrazone groups is 1. The molecular weight excluding hydrogens is 352 g/mol. The highest BCUT2D eigenvalue weighted by molar-refractivity contribution is 6.53. The minimum absolute atomic E-state index is 0.0715. The van der Waals surface area contributed by atoms with E-state index in [0.29, 0.717) is 12.8 Å². The number of hydrogen-bond donors (Lipinski definition) is 2. The summed E-state index contributed by atoms with van der Waals surface area (Å²) in [5.41, 5.74) is 2.00. The van der Waals surface area contributed by atoms with Crippen molar-refractivity contribution in [2.75, 3.05) is 5.43 Å². The average molecular weight is 370 g/mol. The van der Waals surface area contributed by atoms with Crippen LogP contribution in [0.5, 0.6) is 5.75 Å². The van der Waals surface area contributed by atoms with Crippen molar-refractivity contribution in [3.8, 4) is 11.8 Å². The highest BCUT2D eigenvalue weighted by Crippen LogP contribution is 2.29. The number of Topliss-reactive ketones (excluding diaryl/α,β-unsaturated/α-hetero) is 2. The Bertz CT molecular complexity index is 911. The van der Waals surface area contributed by atoms with Crippen LogP contribution in [0.25, 0.3) is 0 Å². The minimum atomic E-state index is -0.970. The van der Waals surface area contributed by atoms with Gasteiger partial charge in [0, 0.05) is 17.7 Å². The van der Waals surface area contributed by atoms with Gasteiger partial charge in [-0.2, -0.15) is 10.4 Å². The number of nitriles is 1. The maximum absolute atomic E-state index is 12.7. The maximum Gasteiger partial charge on any atom is 0.271 e. The van der Waals surface area contributed by atoms with Crippen LogP contribution in [0.15, 0.2) is 34.4 Å². The number of unbranched alkanes of at least 4 members (excludes halogenated alkanes) is 1. The number of nitro groups is 1. The van der Waals surface area contributed by atoms with Crippen molar-refractivity contribution in [1.29, 1.82) is 5.26 Å². The fraction of sp³-hybridized carbons (Fsp3) is 0.333. The summed E-state index contributed by atoms with van der Waals surface area (Å²) in [6, 6.07) is 5.14. The van der Waals surface area contributed by atoms with E-state index in [9.17, 15) is 30.1 Å². The third-order valence-electron chi connectivity index (χ3n) is 4.28. The molecule has 0 saturated carbocycles. The normalized spacial score (nSPS) is 18.6. The van der Waals surface area contributed by atoms with Gasteiger partial charge in [0.15, 0.2) is 11.6 Å². The van der Waals surface area contributed by atoms with E-state index >= 15 is 0 Å². The molecule has 1 aliphatic rings. The Morgan fingerprint density at radius 3 is 2.67 bits per heavy atom. The molecule has 1 aromatic carbocycles. The van der Waals surface area contributed by atoms with Crippen LogP contribution in [0, 0.1) is 27.4 Å². The molecule has 0 amide bonds. The van der Waals surface area contributed by atoms with Crippen molar-refractivity contribution >= 4 is 28.7 Å². The first-order chi connectivity index (χ1) is 12.8. The first kappa shape index (κ1) is 19.8. The summed E-state index contributed by atoms with van der Waals surface area (Å²) >= 11 is 0. The van der Waals surface area contributed by atoms with Crippen molar-refractivity contribution in [2.45, 2.75) is 33.1 Å². The summed E-state index contributed by atoms with van der Waals surface area (Å²) in [6.45, 7) is 3.37. The van der Waals surface area contributed by atoms with Gasteiger partial charge in [0.2, 0.25) is 0 Å². The number of rotatable bonds is 6. The number of ketones is 2. The minimum Gasteiger partial charge on any atom is -0.506 e. The number of hydrogen-bond acceptors (Lipinski definition) is 8. The van der Waals surface area contributed by atoms with Gasteiger partial charge in [-0.25, -0.2) is 0 Å². The van der Waals surface area contributed by atoms with Crippen LogP contribution in [0.4, 0.5) is 11.4 Å². The van der Waals surface area contributed by atoms with Crippen LogP contribution in [-0.2, 0) is 9.59 Å². The van der Waals surface area contributed by atoms with E-state index in [-0.39, 0.29) is 34.0 Å². The van der Waals surface area contributed by atoms with Gasteiger partial charge in [-0.3, -0.25) is 25.1 Å². The molecule has 9 nitrogen and oxygen atoms in total. The maximum atomic E-state index is 12.7. The first-order valence-corrected chi connectivity index (χ1v) is 8.32. The van der Waals surface area contributed by atoms with Crippen molar-refractivity contribution in [3.05, 3.63) is 39.5 Å². The highest BCUT2D eigenvalue weighted by atomic mass is 16.6. The fourth-order valence-corrected chi connectivity index (χ4v) is 2.74. The number of non-ortho nitro benzene ring substituents is 1. The number of nitrogens with zero attached hydrogens (tertiary/aromatic N) is 3. The van der Waals surface area contributed by atoms with Gasteiger partial charge >= 0.3 is 0 Å². The number of benzene rings is 1. The van der Waals surface area contributed by atoms with E-state index in [2.05, 4.69) is 10.5 Å². The Morgan fingerprint density at radius 1 is 1.37 bits per heavy atom. The number of phenols is 1. The molecule has 2 N–H and O–H groups in total. The Hall–Kier alpha value is -3.54. The van der Waals surface area contributed by atoms with E-state index in [1.54, 1.807) is 0 Å². The third-order valence-corrected chi connectivity index (χ3v) is 4.28. The lowest BCUT2D eigenvalue weighted by atomic mass is 9.79. The van der Waals surface area contributed by atoms with Crippen LogP contribution in [0.1, 0.15) is 33.1 Å². The van der Waals surface area contributed by atoms with Crippen LogP contribution in [-0.4, -0.2) is 27.3 Å². The molecule has 1 aromatic rings. The Kier molecular flexibility index (Phi) is 6.03.